The number of fused-ring (bicyclic) bond motifs is 1. The first-order valence-corrected chi connectivity index (χ1v) is 5.66. The highest BCUT2D eigenvalue weighted by Gasteiger charge is 2.18. The zero-order chi connectivity index (χ0) is 11.9. The molecule has 0 bridgehead atoms. The molecule has 0 aliphatic carbocycles. The predicted octanol–water partition coefficient (Wildman–Crippen LogP) is 2.89. The predicted molar refractivity (Wildman–Crippen MR) is 65.8 cm³/mol. The highest BCUT2D eigenvalue weighted by atomic mass is 79.9. The van der Waals surface area contributed by atoms with E-state index in [0.717, 1.165) is 15.4 Å². The SMILES string of the molecule is Cn1cc(C(=O)C(=O)Cl)c2ccc(Br)cc21. The Bertz CT molecular complexity index is 603. The fraction of sp³-hybridized carbons (Fsp3) is 0.0909. The van der Waals surface area contributed by atoms with Crippen LogP contribution in [0.4, 0.5) is 0 Å². The number of aryl methyl sites for hydroxylation is 1. The third kappa shape index (κ3) is 1.79. The number of halogens is 2. The Labute approximate surface area is 105 Å². The van der Waals surface area contributed by atoms with Crippen molar-refractivity contribution in [2.24, 2.45) is 7.05 Å². The highest BCUT2D eigenvalue weighted by Crippen LogP contribution is 2.25. The molecule has 0 saturated heterocycles. The van der Waals surface area contributed by atoms with Gasteiger partial charge < -0.3 is 4.57 Å². The molecule has 5 heteroatoms. The first kappa shape index (κ1) is 11.4. The van der Waals surface area contributed by atoms with E-state index in [1.807, 2.05) is 19.2 Å². The second-order valence-corrected chi connectivity index (χ2v) is 4.68. The van der Waals surface area contributed by atoms with Crippen molar-refractivity contribution in [3.63, 3.8) is 0 Å². The van der Waals surface area contributed by atoms with E-state index >= 15 is 0 Å². The second kappa shape index (κ2) is 4.03. The molecule has 2 rings (SSSR count). The molecular formula is C11H7BrClNO2. The first-order valence-electron chi connectivity index (χ1n) is 4.49. The summed E-state index contributed by atoms with van der Waals surface area (Å²) in [5.41, 5.74) is 1.21. The molecule has 0 aliphatic rings. The van der Waals surface area contributed by atoms with Crippen LogP contribution in [0, 0.1) is 0 Å². The van der Waals surface area contributed by atoms with Gasteiger partial charge >= 0.3 is 0 Å². The van der Waals surface area contributed by atoms with E-state index in [1.54, 1.807) is 16.8 Å². The standard InChI is InChI=1S/C11H7BrClNO2/c1-14-5-8(10(15)11(13)16)7-3-2-6(12)4-9(7)14/h2-5H,1H3. The van der Waals surface area contributed by atoms with Gasteiger partial charge in [0.25, 0.3) is 5.24 Å². The van der Waals surface area contributed by atoms with Crippen molar-refractivity contribution in [2.75, 3.05) is 0 Å². The van der Waals surface area contributed by atoms with Crippen LogP contribution < -0.4 is 0 Å². The maximum Gasteiger partial charge on any atom is 0.293 e. The van der Waals surface area contributed by atoms with Crippen molar-refractivity contribution in [3.8, 4) is 0 Å². The molecule has 1 aromatic carbocycles. The number of rotatable bonds is 2. The zero-order valence-corrected chi connectivity index (χ0v) is 10.7. The fourth-order valence-electron chi connectivity index (χ4n) is 1.64. The zero-order valence-electron chi connectivity index (χ0n) is 8.33. The van der Waals surface area contributed by atoms with E-state index in [1.165, 1.54) is 0 Å². The third-order valence-electron chi connectivity index (χ3n) is 2.38. The van der Waals surface area contributed by atoms with E-state index in [9.17, 15) is 9.59 Å². The molecule has 0 amide bonds. The van der Waals surface area contributed by atoms with Gasteiger partial charge in [-0.2, -0.15) is 0 Å². The van der Waals surface area contributed by atoms with Crippen LogP contribution in [0.15, 0.2) is 28.9 Å². The number of nitrogens with zero attached hydrogens (tertiary/aromatic N) is 1. The van der Waals surface area contributed by atoms with Crippen molar-refractivity contribution < 1.29 is 9.59 Å². The normalized spacial score (nSPS) is 10.7. The molecule has 0 unspecified atom stereocenters. The van der Waals surface area contributed by atoms with Crippen molar-refractivity contribution in [1.82, 2.24) is 4.57 Å². The largest absolute Gasteiger partial charge is 0.350 e. The van der Waals surface area contributed by atoms with Gasteiger partial charge in [0.1, 0.15) is 0 Å². The Morgan fingerprint density at radius 2 is 2.06 bits per heavy atom. The third-order valence-corrected chi connectivity index (χ3v) is 3.04. The van der Waals surface area contributed by atoms with E-state index in [4.69, 9.17) is 11.6 Å². The number of carbonyl (C=O) groups excluding carboxylic acids is 2. The van der Waals surface area contributed by atoms with Gasteiger partial charge in [0.2, 0.25) is 5.78 Å². The maximum atomic E-state index is 11.6. The Kier molecular flexibility index (Phi) is 2.86. The van der Waals surface area contributed by atoms with Gasteiger partial charge in [-0.15, -0.1) is 0 Å². The number of carbonyl (C=O) groups is 2. The van der Waals surface area contributed by atoms with E-state index < -0.39 is 11.0 Å². The van der Waals surface area contributed by atoms with Crippen LogP contribution in [-0.2, 0) is 11.8 Å². The first-order chi connectivity index (χ1) is 7.50. The summed E-state index contributed by atoms with van der Waals surface area (Å²) >= 11 is 8.55. The van der Waals surface area contributed by atoms with Gasteiger partial charge in [0.15, 0.2) is 0 Å². The summed E-state index contributed by atoms with van der Waals surface area (Å²) in [4.78, 5) is 22.4. The summed E-state index contributed by atoms with van der Waals surface area (Å²) in [7, 11) is 1.81. The molecule has 0 spiro atoms. The number of hydrogen-bond acceptors (Lipinski definition) is 2. The minimum atomic E-state index is -0.963. The molecular weight excluding hydrogens is 293 g/mol. The summed E-state index contributed by atoms with van der Waals surface area (Å²) in [6, 6.07) is 5.48. The monoisotopic (exact) mass is 299 g/mol. The van der Waals surface area contributed by atoms with Gasteiger partial charge in [0, 0.05) is 28.6 Å². The van der Waals surface area contributed by atoms with Gasteiger partial charge in [-0.3, -0.25) is 9.59 Å². The number of benzene rings is 1. The lowest BCUT2D eigenvalue weighted by atomic mass is 10.1. The van der Waals surface area contributed by atoms with E-state index in [2.05, 4.69) is 15.9 Å². The molecule has 0 aliphatic heterocycles. The van der Waals surface area contributed by atoms with Gasteiger partial charge in [0.05, 0.1) is 5.56 Å². The molecule has 0 N–H and O–H groups in total. The van der Waals surface area contributed by atoms with Crippen LogP contribution in [-0.4, -0.2) is 15.6 Å². The van der Waals surface area contributed by atoms with Gasteiger partial charge in [-0.25, -0.2) is 0 Å². The molecule has 2 aromatic rings. The van der Waals surface area contributed by atoms with E-state index in [-0.39, 0.29) is 0 Å². The maximum absolute atomic E-state index is 11.6. The Morgan fingerprint density at radius 3 is 2.69 bits per heavy atom. The Hall–Kier alpha value is -1.13. The lowest BCUT2D eigenvalue weighted by Gasteiger charge is -1.96. The summed E-state index contributed by atoms with van der Waals surface area (Å²) in [5.74, 6) is -0.672. The molecule has 0 radical (unpaired) electrons. The summed E-state index contributed by atoms with van der Waals surface area (Å²) in [6.07, 6.45) is 1.61. The number of hydrogen-bond donors (Lipinski definition) is 0. The van der Waals surface area contributed by atoms with Gasteiger partial charge in [-0.1, -0.05) is 22.0 Å². The fourth-order valence-corrected chi connectivity index (χ4v) is 2.09. The van der Waals surface area contributed by atoms with Crippen LogP contribution in [0.2, 0.25) is 0 Å². The Morgan fingerprint density at radius 1 is 1.38 bits per heavy atom. The smallest absolute Gasteiger partial charge is 0.293 e. The van der Waals surface area contributed by atoms with Crippen molar-refractivity contribution >= 4 is 49.5 Å². The highest BCUT2D eigenvalue weighted by molar-refractivity contribution is 9.10. The topological polar surface area (TPSA) is 39.1 Å². The van der Waals surface area contributed by atoms with Crippen molar-refractivity contribution in [3.05, 3.63) is 34.4 Å². The van der Waals surface area contributed by atoms with Crippen LogP contribution in [0.5, 0.6) is 0 Å². The number of aromatic nitrogens is 1. The average molecular weight is 301 g/mol. The molecule has 16 heavy (non-hydrogen) atoms. The van der Waals surface area contributed by atoms with Crippen molar-refractivity contribution in [1.29, 1.82) is 0 Å². The minimum Gasteiger partial charge on any atom is -0.350 e. The number of ketones is 1. The van der Waals surface area contributed by atoms with Crippen LogP contribution in [0.1, 0.15) is 10.4 Å². The second-order valence-electron chi connectivity index (χ2n) is 3.42. The summed E-state index contributed by atoms with van der Waals surface area (Å²) < 4.78 is 2.70. The van der Waals surface area contributed by atoms with Crippen LogP contribution in [0.25, 0.3) is 10.9 Å². The molecule has 0 fully saturated rings. The quantitative estimate of drug-likeness (QED) is 0.486. The molecule has 1 aromatic heterocycles. The van der Waals surface area contributed by atoms with Crippen LogP contribution in [0.3, 0.4) is 0 Å². The molecule has 82 valence electrons. The Balaban J connectivity index is 2.73. The lowest BCUT2D eigenvalue weighted by molar-refractivity contribution is -0.108. The summed E-state index contributed by atoms with van der Waals surface area (Å²) in [5, 5.41) is -0.236. The van der Waals surface area contributed by atoms with E-state index in [0.29, 0.717) is 5.56 Å². The van der Waals surface area contributed by atoms with Crippen LogP contribution >= 0.6 is 27.5 Å². The minimum absolute atomic E-state index is 0.338. The lowest BCUT2D eigenvalue weighted by Crippen LogP contribution is -2.06. The number of Topliss-reactive ketones (excluding diaryl/α,β-unsaturated/α-hetero) is 1. The molecule has 0 saturated carbocycles. The molecule has 3 nitrogen and oxygen atoms in total. The molecule has 1 heterocycles. The summed E-state index contributed by atoms with van der Waals surface area (Å²) in [6.45, 7) is 0. The molecule has 0 atom stereocenters. The van der Waals surface area contributed by atoms with Crippen molar-refractivity contribution in [2.45, 2.75) is 0 Å². The average Bonchev–Trinajstić information content (AvgIpc) is 2.55. The van der Waals surface area contributed by atoms with Gasteiger partial charge in [-0.05, 0) is 23.7 Å².